The highest BCUT2D eigenvalue weighted by atomic mass is 15.3. The number of rotatable bonds is 6. The third-order valence-corrected chi connectivity index (χ3v) is 6.82. The first-order chi connectivity index (χ1) is 14.9. The van der Waals surface area contributed by atoms with Gasteiger partial charge in [0.05, 0.1) is 11.9 Å². The van der Waals surface area contributed by atoms with Crippen molar-refractivity contribution in [2.75, 3.05) is 32.7 Å². The summed E-state index contributed by atoms with van der Waals surface area (Å²) in [6, 6.07) is 21.4. The predicted octanol–water partition coefficient (Wildman–Crippen LogP) is 4.50. The van der Waals surface area contributed by atoms with Crippen LogP contribution in [-0.2, 0) is 13.0 Å². The van der Waals surface area contributed by atoms with Crippen LogP contribution in [0.3, 0.4) is 0 Å². The Bertz CT molecular complexity index is 926. The molecule has 2 aliphatic rings. The van der Waals surface area contributed by atoms with Crippen molar-refractivity contribution in [3.8, 4) is 5.69 Å². The minimum Gasteiger partial charge on any atom is -0.301 e. The Hall–Kier alpha value is -2.43. The fourth-order valence-electron chi connectivity index (χ4n) is 5.09. The number of piperazine rings is 1. The van der Waals surface area contributed by atoms with E-state index in [0.717, 1.165) is 13.0 Å². The zero-order valence-electron chi connectivity index (χ0n) is 17.8. The van der Waals surface area contributed by atoms with Crippen molar-refractivity contribution in [1.82, 2.24) is 19.6 Å². The van der Waals surface area contributed by atoms with E-state index in [-0.39, 0.29) is 0 Å². The highest BCUT2D eigenvalue weighted by Gasteiger charge is 2.26. The van der Waals surface area contributed by atoms with Crippen LogP contribution in [0.15, 0.2) is 66.9 Å². The third-order valence-electron chi connectivity index (χ3n) is 6.82. The highest BCUT2D eigenvalue weighted by molar-refractivity contribution is 5.37. The van der Waals surface area contributed by atoms with Gasteiger partial charge in [-0.05, 0) is 61.4 Å². The first-order valence-corrected chi connectivity index (χ1v) is 11.5. The molecule has 0 amide bonds. The summed E-state index contributed by atoms with van der Waals surface area (Å²) in [6.07, 6.45) is 7.14. The van der Waals surface area contributed by atoms with Crippen LogP contribution in [0.1, 0.15) is 42.0 Å². The third kappa shape index (κ3) is 4.35. The van der Waals surface area contributed by atoms with E-state index in [1.807, 2.05) is 0 Å². The zero-order chi connectivity index (χ0) is 20.2. The van der Waals surface area contributed by atoms with Gasteiger partial charge in [-0.1, -0.05) is 48.5 Å². The van der Waals surface area contributed by atoms with Gasteiger partial charge in [0.25, 0.3) is 0 Å². The quantitative estimate of drug-likeness (QED) is 0.609. The molecule has 3 aromatic rings. The Labute approximate surface area is 180 Å². The van der Waals surface area contributed by atoms with E-state index in [1.54, 1.807) is 0 Å². The molecule has 0 radical (unpaired) electrons. The van der Waals surface area contributed by atoms with Gasteiger partial charge in [-0.2, -0.15) is 5.10 Å². The van der Waals surface area contributed by atoms with Crippen molar-refractivity contribution in [3.63, 3.8) is 0 Å². The molecule has 4 nitrogen and oxygen atoms in total. The zero-order valence-corrected chi connectivity index (χ0v) is 17.8. The Morgan fingerprint density at radius 3 is 2.30 bits per heavy atom. The summed E-state index contributed by atoms with van der Waals surface area (Å²) in [7, 11) is 0. The van der Waals surface area contributed by atoms with Crippen LogP contribution in [0, 0.1) is 0 Å². The minimum atomic E-state index is 0.661. The first-order valence-electron chi connectivity index (χ1n) is 11.5. The van der Waals surface area contributed by atoms with Gasteiger partial charge < -0.3 is 4.90 Å². The van der Waals surface area contributed by atoms with Crippen LogP contribution in [0.25, 0.3) is 5.69 Å². The molecule has 1 aliphatic heterocycles. The number of para-hydroxylation sites is 1. The summed E-state index contributed by atoms with van der Waals surface area (Å²) >= 11 is 0. The van der Waals surface area contributed by atoms with Gasteiger partial charge in [-0.25, -0.2) is 4.68 Å². The summed E-state index contributed by atoms with van der Waals surface area (Å²) in [4.78, 5) is 5.26. The maximum atomic E-state index is 4.76. The number of nitrogens with zero attached hydrogens (tertiary/aromatic N) is 4. The molecule has 1 unspecified atom stereocenters. The Balaban J connectivity index is 1.15. The molecule has 0 spiro atoms. The average molecular weight is 401 g/mol. The molecule has 0 N–H and O–H groups in total. The normalized spacial score (nSPS) is 20.2. The van der Waals surface area contributed by atoms with Crippen molar-refractivity contribution in [2.45, 2.75) is 38.1 Å². The summed E-state index contributed by atoms with van der Waals surface area (Å²) in [6.45, 7) is 7.03. The molecule has 0 saturated carbocycles. The SMILES string of the molecule is c1ccc(CN2CCN(CCC3CCCc4c3cnn4-c3ccccc3)CC2)cc1. The van der Waals surface area contributed by atoms with Crippen molar-refractivity contribution < 1.29 is 0 Å². The highest BCUT2D eigenvalue weighted by Crippen LogP contribution is 2.35. The molecule has 1 aromatic heterocycles. The Kier molecular flexibility index (Phi) is 5.96. The van der Waals surface area contributed by atoms with Gasteiger partial charge >= 0.3 is 0 Å². The number of benzene rings is 2. The number of aromatic nitrogens is 2. The van der Waals surface area contributed by atoms with E-state index in [9.17, 15) is 0 Å². The lowest BCUT2D eigenvalue weighted by Gasteiger charge is -2.35. The van der Waals surface area contributed by atoms with Gasteiger partial charge in [0.15, 0.2) is 0 Å². The summed E-state index contributed by atoms with van der Waals surface area (Å²) in [5, 5.41) is 4.76. The number of fused-ring (bicyclic) bond motifs is 1. The van der Waals surface area contributed by atoms with Crippen molar-refractivity contribution >= 4 is 0 Å². The molecule has 0 bridgehead atoms. The summed E-state index contributed by atoms with van der Waals surface area (Å²) in [5.41, 5.74) is 5.54. The minimum absolute atomic E-state index is 0.661. The van der Waals surface area contributed by atoms with Gasteiger partial charge in [-0.15, -0.1) is 0 Å². The molecule has 1 fully saturated rings. The van der Waals surface area contributed by atoms with Gasteiger partial charge in [0.2, 0.25) is 0 Å². The predicted molar refractivity (Wildman–Crippen MR) is 122 cm³/mol. The van der Waals surface area contributed by atoms with E-state index in [0.29, 0.717) is 5.92 Å². The molecule has 5 rings (SSSR count). The molecule has 1 saturated heterocycles. The van der Waals surface area contributed by atoms with Crippen molar-refractivity contribution in [2.24, 2.45) is 0 Å². The first kappa shape index (κ1) is 19.5. The standard InChI is InChI=1S/C26H32N4/c1-3-8-22(9-4-1)21-29-18-16-28(17-19-29)15-14-23-10-7-13-26-25(23)20-27-30(26)24-11-5-2-6-12-24/h1-6,8-9,11-12,20,23H,7,10,13-19,21H2. The molecule has 2 aromatic carbocycles. The second kappa shape index (κ2) is 9.15. The summed E-state index contributed by atoms with van der Waals surface area (Å²) < 4.78 is 2.17. The number of hydrogen-bond acceptors (Lipinski definition) is 3. The van der Waals surface area contributed by atoms with Crippen LogP contribution in [0.5, 0.6) is 0 Å². The van der Waals surface area contributed by atoms with E-state index in [4.69, 9.17) is 5.10 Å². The molecule has 4 heteroatoms. The Morgan fingerprint density at radius 2 is 1.53 bits per heavy atom. The molecular formula is C26H32N4. The van der Waals surface area contributed by atoms with E-state index in [2.05, 4.69) is 81.3 Å². The molecule has 1 atom stereocenters. The maximum absolute atomic E-state index is 4.76. The molecule has 2 heterocycles. The molecular weight excluding hydrogens is 368 g/mol. The van der Waals surface area contributed by atoms with Crippen molar-refractivity contribution in [1.29, 1.82) is 0 Å². The lowest BCUT2D eigenvalue weighted by Crippen LogP contribution is -2.46. The van der Waals surface area contributed by atoms with Crippen LogP contribution in [0.4, 0.5) is 0 Å². The van der Waals surface area contributed by atoms with E-state index in [1.165, 1.54) is 74.5 Å². The van der Waals surface area contributed by atoms with Gasteiger partial charge in [-0.3, -0.25) is 4.90 Å². The van der Waals surface area contributed by atoms with Crippen LogP contribution in [0.2, 0.25) is 0 Å². The molecule has 156 valence electrons. The van der Waals surface area contributed by atoms with Crippen LogP contribution in [-0.4, -0.2) is 52.3 Å². The topological polar surface area (TPSA) is 24.3 Å². The average Bonchev–Trinajstić information content (AvgIpc) is 3.25. The van der Waals surface area contributed by atoms with Gasteiger partial charge in [0.1, 0.15) is 0 Å². The van der Waals surface area contributed by atoms with Crippen LogP contribution < -0.4 is 0 Å². The summed E-state index contributed by atoms with van der Waals surface area (Å²) in [5.74, 6) is 0.661. The van der Waals surface area contributed by atoms with Crippen LogP contribution >= 0.6 is 0 Å². The second-order valence-electron chi connectivity index (χ2n) is 8.78. The Morgan fingerprint density at radius 1 is 0.833 bits per heavy atom. The number of hydrogen-bond donors (Lipinski definition) is 0. The smallest absolute Gasteiger partial charge is 0.0648 e. The lowest BCUT2D eigenvalue weighted by molar-refractivity contribution is 0.123. The fourth-order valence-corrected chi connectivity index (χ4v) is 5.09. The van der Waals surface area contributed by atoms with E-state index < -0.39 is 0 Å². The van der Waals surface area contributed by atoms with Crippen molar-refractivity contribution in [3.05, 3.63) is 83.7 Å². The lowest BCUT2D eigenvalue weighted by atomic mass is 9.84. The molecule has 30 heavy (non-hydrogen) atoms. The monoisotopic (exact) mass is 400 g/mol. The largest absolute Gasteiger partial charge is 0.301 e. The maximum Gasteiger partial charge on any atom is 0.0648 e. The molecule has 1 aliphatic carbocycles. The van der Waals surface area contributed by atoms with E-state index >= 15 is 0 Å². The second-order valence-corrected chi connectivity index (χ2v) is 8.78. The van der Waals surface area contributed by atoms with Gasteiger partial charge in [0, 0.05) is 38.4 Å². The fraction of sp³-hybridized carbons (Fsp3) is 0.423.